The van der Waals surface area contributed by atoms with Crippen LogP contribution in [-0.2, 0) is 14.3 Å². The molecule has 0 radical (unpaired) electrons. The summed E-state index contributed by atoms with van der Waals surface area (Å²) in [7, 11) is 1.66. The molecule has 90 valence electrons. The number of ether oxygens (including phenoxy) is 2. The molecule has 0 aromatic heterocycles. The minimum absolute atomic E-state index is 0.359. The van der Waals surface area contributed by atoms with E-state index < -0.39 is 5.54 Å². The summed E-state index contributed by atoms with van der Waals surface area (Å²) in [4.78, 5) is 10.9. The number of amides is 1. The Morgan fingerprint density at radius 1 is 1.33 bits per heavy atom. The molecule has 0 fully saturated rings. The quantitative estimate of drug-likeness (QED) is 0.530. The van der Waals surface area contributed by atoms with Gasteiger partial charge in [0.25, 0.3) is 0 Å². The standard InChI is InChI=1S/C10H22N2O3/c1-10(2,9(11)13)12-5-8-15-7-4-6-14-3/h12H,4-8H2,1-3H3,(H2,11,13). The smallest absolute Gasteiger partial charge is 0.237 e. The summed E-state index contributed by atoms with van der Waals surface area (Å²) < 4.78 is 10.2. The van der Waals surface area contributed by atoms with Gasteiger partial charge in [-0.05, 0) is 20.3 Å². The van der Waals surface area contributed by atoms with Crippen LogP contribution >= 0.6 is 0 Å². The highest BCUT2D eigenvalue weighted by Gasteiger charge is 2.23. The maximum absolute atomic E-state index is 10.9. The summed E-state index contributed by atoms with van der Waals surface area (Å²) in [5.41, 5.74) is 4.52. The van der Waals surface area contributed by atoms with Crippen LogP contribution in [0, 0.1) is 0 Å². The van der Waals surface area contributed by atoms with Crippen molar-refractivity contribution < 1.29 is 14.3 Å². The molecule has 0 atom stereocenters. The summed E-state index contributed by atoms with van der Waals surface area (Å²) in [6.07, 6.45) is 0.885. The Morgan fingerprint density at radius 3 is 2.53 bits per heavy atom. The second-order valence-electron chi connectivity index (χ2n) is 3.87. The van der Waals surface area contributed by atoms with Gasteiger partial charge in [-0.25, -0.2) is 0 Å². The number of hydrogen-bond acceptors (Lipinski definition) is 4. The van der Waals surface area contributed by atoms with Gasteiger partial charge in [0.1, 0.15) is 0 Å². The highest BCUT2D eigenvalue weighted by Crippen LogP contribution is 1.98. The van der Waals surface area contributed by atoms with Gasteiger partial charge >= 0.3 is 0 Å². The minimum Gasteiger partial charge on any atom is -0.385 e. The molecule has 0 aliphatic heterocycles. The van der Waals surface area contributed by atoms with Gasteiger partial charge in [-0.2, -0.15) is 0 Å². The SMILES string of the molecule is COCCCOCCNC(C)(C)C(N)=O. The van der Waals surface area contributed by atoms with Crippen molar-refractivity contribution in [3.8, 4) is 0 Å². The number of hydrogen-bond donors (Lipinski definition) is 2. The van der Waals surface area contributed by atoms with Crippen LogP contribution in [0.15, 0.2) is 0 Å². The Morgan fingerprint density at radius 2 is 2.00 bits per heavy atom. The normalized spacial score (nSPS) is 11.7. The van der Waals surface area contributed by atoms with Gasteiger partial charge in [-0.3, -0.25) is 4.79 Å². The van der Waals surface area contributed by atoms with Crippen LogP contribution in [-0.4, -0.2) is 44.9 Å². The lowest BCUT2D eigenvalue weighted by molar-refractivity contribution is -0.123. The third-order valence-electron chi connectivity index (χ3n) is 2.07. The van der Waals surface area contributed by atoms with Gasteiger partial charge in [-0.15, -0.1) is 0 Å². The van der Waals surface area contributed by atoms with Gasteiger partial charge < -0.3 is 20.5 Å². The van der Waals surface area contributed by atoms with Crippen molar-refractivity contribution >= 4 is 5.91 Å². The van der Waals surface area contributed by atoms with Crippen molar-refractivity contribution in [3.63, 3.8) is 0 Å². The first-order valence-electron chi connectivity index (χ1n) is 5.12. The number of nitrogens with one attached hydrogen (secondary N) is 1. The van der Waals surface area contributed by atoms with E-state index in [4.69, 9.17) is 15.2 Å². The fourth-order valence-corrected chi connectivity index (χ4v) is 0.930. The fraction of sp³-hybridized carbons (Fsp3) is 0.900. The lowest BCUT2D eigenvalue weighted by atomic mass is 10.1. The third kappa shape index (κ3) is 7.30. The van der Waals surface area contributed by atoms with Crippen LogP contribution in [0.5, 0.6) is 0 Å². The average molecular weight is 218 g/mol. The van der Waals surface area contributed by atoms with Crippen LogP contribution in [0.3, 0.4) is 0 Å². The summed E-state index contributed by atoms with van der Waals surface area (Å²) in [6.45, 7) is 6.07. The van der Waals surface area contributed by atoms with E-state index >= 15 is 0 Å². The first-order chi connectivity index (χ1) is 7.00. The largest absolute Gasteiger partial charge is 0.385 e. The maximum atomic E-state index is 10.9. The highest BCUT2D eigenvalue weighted by molar-refractivity contribution is 5.83. The topological polar surface area (TPSA) is 73.6 Å². The second-order valence-corrected chi connectivity index (χ2v) is 3.87. The first kappa shape index (κ1) is 14.3. The number of rotatable bonds is 9. The van der Waals surface area contributed by atoms with Crippen molar-refractivity contribution in [2.75, 3.05) is 33.5 Å². The molecule has 0 saturated carbocycles. The van der Waals surface area contributed by atoms with Crippen molar-refractivity contribution in [2.45, 2.75) is 25.8 Å². The average Bonchev–Trinajstić information content (AvgIpc) is 2.16. The van der Waals surface area contributed by atoms with Gasteiger partial charge in [0, 0.05) is 26.9 Å². The maximum Gasteiger partial charge on any atom is 0.237 e. The third-order valence-corrected chi connectivity index (χ3v) is 2.07. The Bertz CT molecular complexity index is 184. The molecule has 0 bridgehead atoms. The Hall–Kier alpha value is -0.650. The molecule has 0 saturated heterocycles. The lowest BCUT2D eigenvalue weighted by Crippen LogP contribution is -2.51. The Balaban J connectivity index is 3.35. The zero-order valence-corrected chi connectivity index (χ0v) is 9.84. The van der Waals surface area contributed by atoms with Crippen molar-refractivity contribution in [1.82, 2.24) is 5.32 Å². The van der Waals surface area contributed by atoms with E-state index in [1.165, 1.54) is 0 Å². The number of methoxy groups -OCH3 is 1. The van der Waals surface area contributed by atoms with E-state index in [0.717, 1.165) is 6.42 Å². The van der Waals surface area contributed by atoms with Gasteiger partial charge in [0.05, 0.1) is 12.1 Å². The molecule has 0 heterocycles. The molecule has 0 rings (SSSR count). The molecule has 3 N–H and O–H groups in total. The summed E-state index contributed by atoms with van der Waals surface area (Å²) in [5, 5.41) is 3.02. The van der Waals surface area contributed by atoms with E-state index in [9.17, 15) is 4.79 Å². The fourth-order valence-electron chi connectivity index (χ4n) is 0.930. The van der Waals surface area contributed by atoms with Crippen LogP contribution in [0.25, 0.3) is 0 Å². The minimum atomic E-state index is -0.671. The Kier molecular flexibility index (Phi) is 7.29. The van der Waals surface area contributed by atoms with E-state index in [1.807, 2.05) is 0 Å². The highest BCUT2D eigenvalue weighted by atomic mass is 16.5. The predicted octanol–water partition coefficient (Wildman–Crippen LogP) is -0.107. The summed E-state index contributed by atoms with van der Waals surface area (Å²) >= 11 is 0. The van der Waals surface area contributed by atoms with E-state index in [0.29, 0.717) is 26.4 Å². The monoisotopic (exact) mass is 218 g/mol. The molecular weight excluding hydrogens is 196 g/mol. The van der Waals surface area contributed by atoms with Crippen molar-refractivity contribution in [2.24, 2.45) is 5.73 Å². The van der Waals surface area contributed by atoms with E-state index in [-0.39, 0.29) is 5.91 Å². The van der Waals surface area contributed by atoms with E-state index in [1.54, 1.807) is 21.0 Å². The molecule has 0 aromatic carbocycles. The number of carbonyl (C=O) groups excluding carboxylic acids is 1. The van der Waals surface area contributed by atoms with Crippen molar-refractivity contribution in [3.05, 3.63) is 0 Å². The van der Waals surface area contributed by atoms with Crippen LogP contribution in [0.1, 0.15) is 20.3 Å². The number of carbonyl (C=O) groups is 1. The first-order valence-corrected chi connectivity index (χ1v) is 5.12. The van der Waals surface area contributed by atoms with Crippen LogP contribution in [0.2, 0.25) is 0 Å². The van der Waals surface area contributed by atoms with Crippen molar-refractivity contribution in [1.29, 1.82) is 0 Å². The molecular formula is C10H22N2O3. The van der Waals surface area contributed by atoms with Gasteiger partial charge in [0.15, 0.2) is 0 Å². The number of nitrogens with two attached hydrogens (primary N) is 1. The molecule has 0 aliphatic carbocycles. The van der Waals surface area contributed by atoms with E-state index in [2.05, 4.69) is 5.32 Å². The lowest BCUT2D eigenvalue weighted by Gasteiger charge is -2.22. The molecule has 1 amide bonds. The molecule has 0 unspecified atom stereocenters. The van der Waals surface area contributed by atoms with Gasteiger partial charge in [-0.1, -0.05) is 0 Å². The molecule has 0 aliphatic rings. The Labute approximate surface area is 91.3 Å². The summed E-state index contributed by atoms with van der Waals surface area (Å²) in [5.74, 6) is -0.359. The predicted molar refractivity (Wildman–Crippen MR) is 58.6 cm³/mol. The molecule has 0 aromatic rings. The van der Waals surface area contributed by atoms with Crippen LogP contribution < -0.4 is 11.1 Å². The molecule has 0 spiro atoms. The summed E-state index contributed by atoms with van der Waals surface area (Å²) in [6, 6.07) is 0. The molecule has 5 nitrogen and oxygen atoms in total. The molecule has 5 heteroatoms. The number of primary amides is 1. The zero-order chi connectivity index (χ0) is 11.7. The molecule has 15 heavy (non-hydrogen) atoms. The van der Waals surface area contributed by atoms with Gasteiger partial charge in [0.2, 0.25) is 5.91 Å². The van der Waals surface area contributed by atoms with Crippen LogP contribution in [0.4, 0.5) is 0 Å². The second kappa shape index (κ2) is 7.62. The zero-order valence-electron chi connectivity index (χ0n) is 9.84.